The number of hydrogen-bond donors (Lipinski definition) is 5. The van der Waals surface area contributed by atoms with Gasteiger partial charge >= 0.3 is 11.9 Å². The van der Waals surface area contributed by atoms with Crippen molar-refractivity contribution in [3.63, 3.8) is 0 Å². The normalized spacial score (nSPS) is 28.3. The van der Waals surface area contributed by atoms with Gasteiger partial charge in [-0.1, -0.05) is 70.4 Å². The van der Waals surface area contributed by atoms with Crippen molar-refractivity contribution in [2.24, 2.45) is 5.73 Å². The highest BCUT2D eigenvalue weighted by molar-refractivity contribution is 5.69. The first kappa shape index (κ1) is 29.0. The summed E-state index contributed by atoms with van der Waals surface area (Å²) >= 11 is 0. The van der Waals surface area contributed by atoms with Crippen LogP contribution in [0.3, 0.4) is 0 Å². The van der Waals surface area contributed by atoms with Crippen LogP contribution in [0.4, 0.5) is 0 Å². The van der Waals surface area contributed by atoms with Gasteiger partial charge in [-0.15, -0.1) is 0 Å². The molecule has 0 aromatic rings. The van der Waals surface area contributed by atoms with Gasteiger partial charge in [0, 0.05) is 6.42 Å². The zero-order valence-corrected chi connectivity index (χ0v) is 19.7. The Hall–Kier alpha value is -1.03. The van der Waals surface area contributed by atoms with Crippen molar-refractivity contribution in [3.8, 4) is 0 Å². The van der Waals surface area contributed by atoms with Crippen LogP contribution in [0.25, 0.3) is 0 Å². The average Bonchev–Trinajstić information content (AvgIpc) is 2.77. The first-order valence-corrected chi connectivity index (χ1v) is 12.3. The first-order valence-electron chi connectivity index (χ1n) is 12.3. The van der Waals surface area contributed by atoms with E-state index in [0.717, 1.165) is 32.1 Å². The van der Waals surface area contributed by atoms with Crippen molar-refractivity contribution in [3.05, 3.63) is 12.2 Å². The summed E-state index contributed by atoms with van der Waals surface area (Å²) in [5.41, 5.74) is 5.65. The van der Waals surface area contributed by atoms with Crippen LogP contribution in [0.2, 0.25) is 0 Å². The van der Waals surface area contributed by atoms with Crippen molar-refractivity contribution in [1.82, 2.24) is 0 Å². The van der Waals surface area contributed by atoms with Crippen LogP contribution in [0.1, 0.15) is 96.8 Å². The Labute approximate surface area is 192 Å². The highest BCUT2D eigenvalue weighted by Gasteiger charge is 2.54. The second-order valence-electron chi connectivity index (χ2n) is 8.78. The summed E-state index contributed by atoms with van der Waals surface area (Å²) < 4.78 is 9.98. The third-order valence-electron chi connectivity index (χ3n) is 5.92. The molecule has 1 saturated heterocycles. The molecule has 8 heteroatoms. The van der Waals surface area contributed by atoms with Crippen LogP contribution < -0.4 is 5.73 Å². The van der Waals surface area contributed by atoms with Crippen molar-refractivity contribution in [2.45, 2.75) is 127 Å². The number of allylic oxidation sites excluding steroid dienone is 2. The summed E-state index contributed by atoms with van der Waals surface area (Å²) in [6.07, 6.45) is 15.2. The van der Waals surface area contributed by atoms with E-state index in [4.69, 9.17) is 15.2 Å². The number of nitrogens with two attached hydrogens (primary N) is 1. The van der Waals surface area contributed by atoms with Crippen molar-refractivity contribution < 1.29 is 34.7 Å². The lowest BCUT2D eigenvalue weighted by Gasteiger charge is -2.44. The van der Waals surface area contributed by atoms with E-state index >= 15 is 0 Å². The minimum absolute atomic E-state index is 0.0823. The SMILES string of the molecule is CCCCCCCC/C=C/CCCCCCCC(=O)O[C@]1(O)O[C@H](CO)[C@@H](O)[C@H](O)[C@H]1N. The highest BCUT2D eigenvalue weighted by atomic mass is 16.8. The quantitative estimate of drug-likeness (QED) is 0.0967. The number of rotatable bonds is 17. The van der Waals surface area contributed by atoms with E-state index in [0.29, 0.717) is 6.42 Å². The van der Waals surface area contributed by atoms with Gasteiger partial charge in [0.25, 0.3) is 0 Å². The maximum atomic E-state index is 12.0. The molecule has 1 heterocycles. The molecular weight excluding hydrogens is 414 g/mol. The van der Waals surface area contributed by atoms with Crippen LogP contribution >= 0.6 is 0 Å². The Morgan fingerprint density at radius 3 is 2.03 bits per heavy atom. The lowest BCUT2D eigenvalue weighted by atomic mass is 9.96. The van der Waals surface area contributed by atoms with Crippen LogP contribution in [-0.2, 0) is 14.3 Å². The standard InChI is InChI=1S/C24H45NO7/c1-2-3-4-5-6-7-8-9-10-11-12-13-14-15-16-17-20(27)32-24(30)23(25)22(29)21(28)19(18-26)31-24/h9-10,19,21-23,26,28-30H,2-8,11-18,25H2,1H3/b10-9+/t19-,21-,22+,23-,24-/m1/s1. The number of aliphatic hydroxyl groups is 4. The molecule has 6 N–H and O–H groups in total. The molecule has 0 spiro atoms. The van der Waals surface area contributed by atoms with Gasteiger partial charge in [-0.25, -0.2) is 0 Å². The zero-order valence-electron chi connectivity index (χ0n) is 19.7. The molecule has 32 heavy (non-hydrogen) atoms. The second kappa shape index (κ2) is 16.6. The third kappa shape index (κ3) is 10.7. The van der Waals surface area contributed by atoms with Gasteiger partial charge in [0.15, 0.2) is 0 Å². The van der Waals surface area contributed by atoms with Gasteiger partial charge in [0.2, 0.25) is 0 Å². The van der Waals surface area contributed by atoms with Crippen molar-refractivity contribution >= 4 is 5.97 Å². The van der Waals surface area contributed by atoms with Gasteiger partial charge in [0.05, 0.1) is 6.61 Å². The molecule has 8 nitrogen and oxygen atoms in total. The summed E-state index contributed by atoms with van der Waals surface area (Å²) in [5, 5.41) is 39.2. The fraction of sp³-hybridized carbons (Fsp3) is 0.875. The summed E-state index contributed by atoms with van der Waals surface area (Å²) in [6.45, 7) is 1.57. The maximum absolute atomic E-state index is 12.0. The minimum Gasteiger partial charge on any atom is -0.406 e. The number of hydrogen-bond acceptors (Lipinski definition) is 8. The topological polar surface area (TPSA) is 142 Å². The lowest BCUT2D eigenvalue weighted by Crippen LogP contribution is -2.69. The average molecular weight is 460 g/mol. The van der Waals surface area contributed by atoms with E-state index in [1.807, 2.05) is 0 Å². The molecule has 0 saturated carbocycles. The molecule has 1 aliphatic rings. The molecule has 0 aromatic carbocycles. The van der Waals surface area contributed by atoms with E-state index in [2.05, 4.69) is 19.1 Å². The van der Waals surface area contributed by atoms with E-state index in [-0.39, 0.29) is 6.42 Å². The smallest absolute Gasteiger partial charge is 0.345 e. The maximum Gasteiger partial charge on any atom is 0.345 e. The van der Waals surface area contributed by atoms with Gasteiger partial charge in [0.1, 0.15) is 24.4 Å². The van der Waals surface area contributed by atoms with E-state index in [9.17, 15) is 25.2 Å². The van der Waals surface area contributed by atoms with Crippen LogP contribution in [0.15, 0.2) is 12.2 Å². The number of ether oxygens (including phenoxy) is 2. The largest absolute Gasteiger partial charge is 0.406 e. The van der Waals surface area contributed by atoms with Gasteiger partial charge in [-0.05, 0) is 32.1 Å². The molecule has 1 fully saturated rings. The molecule has 0 aromatic heterocycles. The Morgan fingerprint density at radius 2 is 1.47 bits per heavy atom. The number of aliphatic hydroxyl groups excluding tert-OH is 3. The summed E-state index contributed by atoms with van der Waals surface area (Å²) in [7, 11) is 0. The molecule has 1 aliphatic heterocycles. The number of esters is 1. The number of unbranched alkanes of at least 4 members (excludes halogenated alkanes) is 11. The molecule has 0 bridgehead atoms. The Bertz CT molecular complexity index is 528. The molecule has 0 aliphatic carbocycles. The number of carbonyl (C=O) groups is 1. The molecule has 188 valence electrons. The van der Waals surface area contributed by atoms with Crippen molar-refractivity contribution in [1.29, 1.82) is 0 Å². The van der Waals surface area contributed by atoms with Crippen molar-refractivity contribution in [2.75, 3.05) is 6.61 Å². The van der Waals surface area contributed by atoms with Crippen LogP contribution in [0, 0.1) is 0 Å². The van der Waals surface area contributed by atoms with Crippen LogP contribution in [0.5, 0.6) is 0 Å². The molecule has 0 unspecified atom stereocenters. The fourth-order valence-electron chi connectivity index (χ4n) is 3.80. The lowest BCUT2D eigenvalue weighted by molar-refractivity contribution is -0.406. The monoisotopic (exact) mass is 459 g/mol. The fourth-order valence-corrected chi connectivity index (χ4v) is 3.80. The molecular formula is C24H45NO7. The Morgan fingerprint density at radius 1 is 0.938 bits per heavy atom. The summed E-state index contributed by atoms with van der Waals surface area (Å²) in [4.78, 5) is 12.0. The second-order valence-corrected chi connectivity index (χ2v) is 8.78. The summed E-state index contributed by atoms with van der Waals surface area (Å²) in [6, 6.07) is -1.54. The molecule has 0 radical (unpaired) electrons. The minimum atomic E-state index is -2.58. The highest BCUT2D eigenvalue weighted by Crippen LogP contribution is 2.28. The van der Waals surface area contributed by atoms with Gasteiger partial charge in [-0.3, -0.25) is 4.79 Å². The van der Waals surface area contributed by atoms with E-state index in [1.165, 1.54) is 44.9 Å². The molecule has 1 rings (SSSR count). The van der Waals surface area contributed by atoms with Crippen LogP contribution in [-0.4, -0.2) is 63.3 Å². The van der Waals surface area contributed by atoms with E-state index < -0.39 is 42.9 Å². The van der Waals surface area contributed by atoms with Gasteiger partial charge in [-0.2, -0.15) is 0 Å². The summed E-state index contributed by atoms with van der Waals surface area (Å²) in [5.74, 6) is -3.29. The van der Waals surface area contributed by atoms with Gasteiger partial charge < -0.3 is 35.6 Å². The predicted octanol–water partition coefficient (Wildman–Crippen LogP) is 2.65. The Kier molecular flexibility index (Phi) is 15.0. The Balaban J connectivity index is 2.07. The number of carbonyl (C=O) groups excluding carboxylic acids is 1. The molecule has 0 amide bonds. The third-order valence-corrected chi connectivity index (χ3v) is 5.92. The zero-order chi connectivity index (χ0) is 23.8. The first-order chi connectivity index (χ1) is 15.4. The van der Waals surface area contributed by atoms with E-state index in [1.54, 1.807) is 0 Å². The predicted molar refractivity (Wildman–Crippen MR) is 122 cm³/mol. The molecule has 5 atom stereocenters.